The van der Waals surface area contributed by atoms with Crippen LogP contribution in [0.3, 0.4) is 0 Å². The van der Waals surface area contributed by atoms with Crippen molar-refractivity contribution in [3.05, 3.63) is 0 Å². The minimum atomic E-state index is -1.76. The molecular formula is C56H92N18O18. The zero-order valence-corrected chi connectivity index (χ0v) is 51.7. The Balaban J connectivity index is 1.46. The predicted molar refractivity (Wildman–Crippen MR) is 322 cm³/mol. The third-order valence-corrected chi connectivity index (χ3v) is 16.2. The summed E-state index contributed by atoms with van der Waals surface area (Å²) in [4.78, 5) is 217. The van der Waals surface area contributed by atoms with Gasteiger partial charge >= 0.3 is 11.9 Å². The number of rotatable bonds is 39. The predicted octanol–water partition coefficient (Wildman–Crippen LogP) is -8.25. The molecule has 0 saturated carbocycles. The maximum absolute atomic E-state index is 14.6. The van der Waals surface area contributed by atoms with Crippen molar-refractivity contribution in [2.24, 2.45) is 34.4 Å². The summed E-state index contributed by atoms with van der Waals surface area (Å²) >= 11 is 0. The molecule has 4 fully saturated rings. The van der Waals surface area contributed by atoms with Gasteiger partial charge in [0.15, 0.2) is 0 Å². The van der Waals surface area contributed by atoms with Gasteiger partial charge in [0.1, 0.15) is 67.0 Å². The number of carboxylic acid groups (broad SMARTS) is 2. The summed E-state index contributed by atoms with van der Waals surface area (Å²) in [6.45, 7) is -0.967. The van der Waals surface area contributed by atoms with Gasteiger partial charge in [-0.3, -0.25) is 76.7 Å². The molecule has 0 radical (unpaired) electrons. The topological polar surface area (TPSA) is 579 Å². The third-order valence-electron chi connectivity index (χ3n) is 16.2. The number of nitrogens with one attached hydrogen (secondary N) is 8. The van der Waals surface area contributed by atoms with Gasteiger partial charge < -0.3 is 107 Å². The lowest BCUT2D eigenvalue weighted by molar-refractivity contribution is -0.148. The maximum Gasteiger partial charge on any atom is 0.322 e. The van der Waals surface area contributed by atoms with Crippen molar-refractivity contribution in [1.29, 1.82) is 0 Å². The number of amides is 14. The Labute approximate surface area is 530 Å². The van der Waals surface area contributed by atoms with Crippen LogP contribution in [0.2, 0.25) is 0 Å². The summed E-state index contributed by atoms with van der Waals surface area (Å²) in [5.74, 6) is -14.6. The molecule has 10 atom stereocenters. The molecule has 4 heterocycles. The van der Waals surface area contributed by atoms with Gasteiger partial charge in [-0.1, -0.05) is 0 Å². The van der Waals surface area contributed by atoms with Gasteiger partial charge in [-0.15, -0.1) is 0 Å². The Hall–Kier alpha value is -8.64. The first-order chi connectivity index (χ1) is 43.8. The quantitative estimate of drug-likeness (QED) is 0.0254. The molecule has 22 N–H and O–H groups in total. The highest BCUT2D eigenvalue weighted by atomic mass is 16.4. The van der Waals surface area contributed by atoms with E-state index in [4.69, 9.17) is 39.5 Å². The summed E-state index contributed by atoms with van der Waals surface area (Å²) in [5.41, 5.74) is 33.3. The van der Waals surface area contributed by atoms with Crippen LogP contribution >= 0.6 is 0 Å². The van der Waals surface area contributed by atoms with Crippen LogP contribution in [0.25, 0.3) is 0 Å². The van der Waals surface area contributed by atoms with Crippen molar-refractivity contribution in [3.63, 3.8) is 0 Å². The highest BCUT2D eigenvalue weighted by Gasteiger charge is 2.46. The van der Waals surface area contributed by atoms with Crippen LogP contribution in [-0.2, 0) is 76.7 Å². The highest BCUT2D eigenvalue weighted by molar-refractivity contribution is 6.01. The molecule has 0 aromatic heterocycles. The fourth-order valence-electron chi connectivity index (χ4n) is 11.6. The smallest absolute Gasteiger partial charge is 0.322 e. The molecule has 0 spiro atoms. The Morgan fingerprint density at radius 3 is 1.23 bits per heavy atom. The summed E-state index contributed by atoms with van der Waals surface area (Å²) < 4.78 is 0. The number of carboxylic acids is 2. The van der Waals surface area contributed by atoms with Crippen LogP contribution in [0.1, 0.15) is 128 Å². The molecule has 0 aromatic carbocycles. The molecule has 4 aliphatic heterocycles. The summed E-state index contributed by atoms with van der Waals surface area (Å²) in [6.07, 6.45) is 2.08. The fraction of sp³-hybridized carbons (Fsp3) is 0.714. The summed E-state index contributed by atoms with van der Waals surface area (Å²) in [7, 11) is 0. The van der Waals surface area contributed by atoms with Gasteiger partial charge in [0.05, 0.1) is 32.4 Å². The van der Waals surface area contributed by atoms with E-state index in [-0.39, 0.29) is 97.2 Å². The first-order valence-corrected chi connectivity index (χ1v) is 31.1. The number of carbonyl (C=O) groups excluding carboxylic acids is 14. The van der Waals surface area contributed by atoms with E-state index in [9.17, 15) is 81.8 Å². The van der Waals surface area contributed by atoms with Gasteiger partial charge in [-0.25, -0.2) is 0 Å². The van der Waals surface area contributed by atoms with Crippen LogP contribution in [0.15, 0.2) is 0 Å². The molecule has 92 heavy (non-hydrogen) atoms. The number of likely N-dealkylation sites (tertiary alicyclic amines) is 4. The molecule has 0 aromatic rings. The van der Waals surface area contributed by atoms with Crippen molar-refractivity contribution in [1.82, 2.24) is 62.1 Å². The first-order valence-electron chi connectivity index (χ1n) is 31.1. The van der Waals surface area contributed by atoms with Crippen molar-refractivity contribution in [2.45, 2.75) is 189 Å². The van der Waals surface area contributed by atoms with Crippen LogP contribution < -0.4 is 76.9 Å². The van der Waals surface area contributed by atoms with Gasteiger partial charge in [0.25, 0.3) is 0 Å². The van der Waals surface area contributed by atoms with Crippen molar-refractivity contribution >= 4 is 94.6 Å². The number of primary amides is 2. The minimum Gasteiger partial charge on any atom is -0.481 e. The zero-order chi connectivity index (χ0) is 68.2. The summed E-state index contributed by atoms with van der Waals surface area (Å²) in [6, 6.07) is -13.3. The van der Waals surface area contributed by atoms with E-state index in [1.54, 1.807) is 0 Å². The second-order valence-electron chi connectivity index (χ2n) is 23.1. The lowest BCUT2D eigenvalue weighted by Gasteiger charge is -2.33. The average Bonchev–Trinajstić information content (AvgIpc) is 1.66. The Kier molecular flexibility index (Phi) is 31.5. The lowest BCUT2D eigenvalue weighted by Crippen LogP contribution is -2.60. The van der Waals surface area contributed by atoms with Crippen LogP contribution in [0.5, 0.6) is 0 Å². The van der Waals surface area contributed by atoms with Gasteiger partial charge in [0, 0.05) is 26.2 Å². The van der Waals surface area contributed by atoms with E-state index < -0.39 is 194 Å². The molecule has 36 heteroatoms. The minimum absolute atomic E-state index is 0.0243. The fourth-order valence-corrected chi connectivity index (χ4v) is 11.6. The number of aliphatic carboxylic acids is 2. The number of hydrogen-bond acceptors (Lipinski definition) is 20. The van der Waals surface area contributed by atoms with E-state index in [0.29, 0.717) is 57.8 Å². The van der Waals surface area contributed by atoms with E-state index in [2.05, 4.69) is 42.5 Å². The molecule has 36 nitrogen and oxygen atoms in total. The normalized spacial score (nSPS) is 19.7. The molecule has 4 rings (SSSR count). The molecule has 514 valence electrons. The Morgan fingerprint density at radius 2 is 0.761 bits per heavy atom. The second-order valence-corrected chi connectivity index (χ2v) is 23.1. The number of unbranched alkanes of at least 4 members (excludes halogenated alkanes) is 3. The monoisotopic (exact) mass is 1300 g/mol. The maximum atomic E-state index is 14.6. The van der Waals surface area contributed by atoms with E-state index in [0.717, 1.165) is 0 Å². The Morgan fingerprint density at radius 1 is 0.391 bits per heavy atom. The van der Waals surface area contributed by atoms with Crippen molar-refractivity contribution < 1.29 is 86.9 Å². The number of nitrogens with two attached hydrogens (primary N) is 6. The molecule has 0 aliphatic carbocycles. The standard InChI is InChI=1S/C56H92N18O18/c57-18-4-1-11-31(47(83)63-29-44(78)71-21-9-16-39(71)55(91)72-22-8-15-38(72)53(89)70-34(25-41(61)75)48(84)64-30-46(81)82)66-49(85)32(12-2-5-19-58)67-52(88)37-14-7-23-73(37)56(92)40-17-10-24-74(40)54(90)33(13-3-6-20-59)68-50(86)35(26-42(62)76)69-51(87)36(27-45(79)80)65-43(77)28-60/h31-40H,1-30,57-60H2,(H2,61,75)(H2,62,76)(H,63,83)(H,64,84)(H,65,77)(H,66,85)(H,67,88)(H,68,86)(H,69,87)(H,70,89)(H,79,80)(H,81,82)/t31-,32-,33-,34-,35-,36-,37-,38-,39-,40-/m0/s1. The largest absolute Gasteiger partial charge is 0.481 e. The number of nitrogens with zero attached hydrogens (tertiary/aromatic N) is 4. The zero-order valence-electron chi connectivity index (χ0n) is 51.7. The second kappa shape index (κ2) is 38.3. The molecule has 4 saturated heterocycles. The average molecular weight is 1310 g/mol. The van der Waals surface area contributed by atoms with Gasteiger partial charge in [-0.2, -0.15) is 0 Å². The van der Waals surface area contributed by atoms with Crippen LogP contribution in [0.4, 0.5) is 0 Å². The van der Waals surface area contributed by atoms with E-state index in [1.165, 1.54) is 19.6 Å². The van der Waals surface area contributed by atoms with Crippen LogP contribution in [-0.4, -0.2) is 250 Å². The molecule has 4 aliphatic rings. The van der Waals surface area contributed by atoms with Crippen molar-refractivity contribution in [3.8, 4) is 0 Å². The summed E-state index contributed by atoms with van der Waals surface area (Å²) in [5, 5.41) is 37.8. The number of hydrogen-bond donors (Lipinski definition) is 16. The van der Waals surface area contributed by atoms with Gasteiger partial charge in [0.2, 0.25) is 82.7 Å². The first kappa shape index (κ1) is 75.8. The molecular weight excluding hydrogens is 1210 g/mol. The Bertz CT molecular complexity index is 2690. The number of carbonyl (C=O) groups is 16. The molecule has 0 unspecified atom stereocenters. The van der Waals surface area contributed by atoms with E-state index in [1.807, 2.05) is 0 Å². The molecule has 14 amide bonds. The SMILES string of the molecule is NCCCC[C@H](NC(=O)[C@H](CCCCN)NC(=O)[C@@H]1CCCN1C(=O)[C@@H]1CCCN1C(=O)[C@H](CCCCN)NC(=O)[C@H](CC(N)=O)NC(=O)[C@H](CC(=O)O)NC(=O)CN)C(=O)NCC(=O)N1CCC[C@H]1C(=O)N1CCC[C@H]1C(=O)N[C@@H](CC(N)=O)C(=O)NCC(=O)O. The molecule has 0 bridgehead atoms. The lowest BCUT2D eigenvalue weighted by atomic mass is 10.0. The van der Waals surface area contributed by atoms with Gasteiger partial charge in [-0.05, 0) is 129 Å². The third kappa shape index (κ3) is 23.2. The van der Waals surface area contributed by atoms with Crippen molar-refractivity contribution in [2.75, 3.05) is 65.4 Å². The van der Waals surface area contributed by atoms with Crippen LogP contribution in [0, 0.1) is 0 Å². The highest BCUT2D eigenvalue weighted by Crippen LogP contribution is 2.28. The van der Waals surface area contributed by atoms with E-state index >= 15 is 0 Å².